The molecule has 0 saturated heterocycles. The van der Waals surface area contributed by atoms with Crippen LogP contribution in [0.2, 0.25) is 0 Å². The lowest BCUT2D eigenvalue weighted by Gasteiger charge is -2.19. The van der Waals surface area contributed by atoms with E-state index in [1.165, 1.54) is 16.4 Å². The minimum atomic E-state index is -3.67. The first kappa shape index (κ1) is 23.7. The van der Waals surface area contributed by atoms with Crippen LogP contribution in [0.1, 0.15) is 29.3 Å². The van der Waals surface area contributed by atoms with E-state index >= 15 is 0 Å². The molecule has 3 aromatic rings. The Balaban J connectivity index is 1.37. The minimum absolute atomic E-state index is 0.111. The van der Waals surface area contributed by atoms with Crippen molar-refractivity contribution >= 4 is 44.6 Å². The van der Waals surface area contributed by atoms with Gasteiger partial charge in [0.2, 0.25) is 0 Å². The predicted octanol–water partition coefficient (Wildman–Crippen LogP) is 4.35. The quantitative estimate of drug-likeness (QED) is 0.474. The number of nitrogens with zero attached hydrogens (tertiary/aromatic N) is 1. The normalized spacial score (nSPS) is 12.7. The monoisotopic (exact) mass is 495 g/mol. The summed E-state index contributed by atoms with van der Waals surface area (Å²) in [7, 11) is -3.67. The number of carbonyl (C=O) groups excluding carboxylic acids is 1. The fraction of sp³-hybridized carbons (Fsp3) is 0.200. The molecule has 0 saturated carbocycles. The topological polar surface area (TPSA) is 87.7 Å². The molecule has 0 aliphatic carbocycles. The van der Waals surface area contributed by atoms with Gasteiger partial charge >= 0.3 is 0 Å². The molecule has 0 bridgehead atoms. The van der Waals surface area contributed by atoms with Crippen molar-refractivity contribution < 1.29 is 17.9 Å². The van der Waals surface area contributed by atoms with Gasteiger partial charge in [-0.2, -0.15) is 0 Å². The third-order valence-corrected chi connectivity index (χ3v) is 7.39. The molecule has 9 heteroatoms. The standard InChI is InChI=1S/C25H25N3O4S2/c1-2-17-32-21-11-7-19(8-12-21)24(29)27-25(33)26-20-9-13-22(14-10-20)34(30,31)28-16-15-18-5-3-4-6-23(18)28/h3-14H,2,15-17H2,1H3,(H2,26,27,29,33). The van der Waals surface area contributed by atoms with E-state index in [4.69, 9.17) is 17.0 Å². The number of rotatable bonds is 7. The summed E-state index contributed by atoms with van der Waals surface area (Å²) in [5.41, 5.74) is 2.75. The van der Waals surface area contributed by atoms with E-state index < -0.39 is 10.0 Å². The van der Waals surface area contributed by atoms with E-state index in [0.29, 0.717) is 36.6 Å². The van der Waals surface area contributed by atoms with E-state index in [9.17, 15) is 13.2 Å². The molecule has 0 atom stereocenters. The lowest BCUT2D eigenvalue weighted by Crippen LogP contribution is -2.34. The zero-order valence-corrected chi connectivity index (χ0v) is 20.3. The summed E-state index contributed by atoms with van der Waals surface area (Å²) in [4.78, 5) is 12.6. The van der Waals surface area contributed by atoms with Crippen LogP contribution >= 0.6 is 12.2 Å². The predicted molar refractivity (Wildman–Crippen MR) is 137 cm³/mol. The van der Waals surface area contributed by atoms with Gasteiger partial charge in [-0.25, -0.2) is 8.42 Å². The van der Waals surface area contributed by atoms with Crippen molar-refractivity contribution in [2.24, 2.45) is 0 Å². The van der Waals surface area contributed by atoms with Crippen molar-refractivity contribution in [3.8, 4) is 5.75 Å². The molecule has 3 aromatic carbocycles. The lowest BCUT2D eigenvalue weighted by atomic mass is 10.2. The Morgan fingerprint density at radius 1 is 1.03 bits per heavy atom. The van der Waals surface area contributed by atoms with Gasteiger partial charge in [0, 0.05) is 17.8 Å². The lowest BCUT2D eigenvalue weighted by molar-refractivity contribution is 0.0977. The number of fused-ring (bicyclic) bond motifs is 1. The van der Waals surface area contributed by atoms with E-state index in [1.54, 1.807) is 36.4 Å². The third-order valence-electron chi connectivity index (χ3n) is 5.36. The van der Waals surface area contributed by atoms with Crippen molar-refractivity contribution in [3.05, 3.63) is 83.9 Å². The van der Waals surface area contributed by atoms with E-state index in [0.717, 1.165) is 17.7 Å². The van der Waals surface area contributed by atoms with Crippen molar-refractivity contribution in [2.75, 3.05) is 22.8 Å². The summed E-state index contributed by atoms with van der Waals surface area (Å²) in [5, 5.41) is 5.65. The molecule has 4 rings (SSSR count). The van der Waals surface area contributed by atoms with E-state index in [2.05, 4.69) is 10.6 Å². The van der Waals surface area contributed by atoms with Gasteiger partial charge in [0.25, 0.3) is 15.9 Å². The van der Waals surface area contributed by atoms with Gasteiger partial charge in [-0.05, 0) is 85.2 Å². The number of benzene rings is 3. The summed E-state index contributed by atoms with van der Waals surface area (Å²) in [6, 6.07) is 20.6. The molecule has 1 aliphatic rings. The molecule has 0 fully saturated rings. The number of sulfonamides is 1. The maximum Gasteiger partial charge on any atom is 0.264 e. The van der Waals surface area contributed by atoms with Crippen LogP contribution in [0.5, 0.6) is 5.75 Å². The second-order valence-corrected chi connectivity index (χ2v) is 10.0. The molecular weight excluding hydrogens is 470 g/mol. The van der Waals surface area contributed by atoms with Crippen LogP contribution in [0.3, 0.4) is 0 Å². The number of anilines is 2. The first-order chi connectivity index (χ1) is 16.4. The Bertz CT molecular complexity index is 1290. The largest absolute Gasteiger partial charge is 0.494 e. The Hall–Kier alpha value is -3.43. The number of thiocarbonyl (C=S) groups is 1. The van der Waals surface area contributed by atoms with Crippen LogP contribution in [-0.4, -0.2) is 32.6 Å². The number of para-hydroxylation sites is 1. The van der Waals surface area contributed by atoms with Crippen LogP contribution in [0.25, 0.3) is 0 Å². The average molecular weight is 496 g/mol. The van der Waals surface area contributed by atoms with Gasteiger partial charge in [0.15, 0.2) is 5.11 Å². The maximum atomic E-state index is 13.1. The molecule has 0 spiro atoms. The van der Waals surface area contributed by atoms with Gasteiger partial charge in [0.1, 0.15) is 5.75 Å². The van der Waals surface area contributed by atoms with E-state index in [-0.39, 0.29) is 15.9 Å². The van der Waals surface area contributed by atoms with Crippen LogP contribution < -0.4 is 19.7 Å². The molecule has 1 heterocycles. The Labute approximate surface area is 204 Å². The molecule has 0 radical (unpaired) electrons. The second kappa shape index (κ2) is 10.2. The summed E-state index contributed by atoms with van der Waals surface area (Å²) in [5.74, 6) is 0.345. The molecule has 7 nitrogen and oxygen atoms in total. The first-order valence-corrected chi connectivity index (χ1v) is 12.8. The van der Waals surface area contributed by atoms with Crippen molar-refractivity contribution in [1.29, 1.82) is 0 Å². The molecule has 0 unspecified atom stereocenters. The molecule has 2 N–H and O–H groups in total. The highest BCUT2D eigenvalue weighted by molar-refractivity contribution is 7.92. The first-order valence-electron chi connectivity index (χ1n) is 10.9. The van der Waals surface area contributed by atoms with Gasteiger partial charge < -0.3 is 10.1 Å². The molecular formula is C25H25N3O4S2. The average Bonchev–Trinajstić information content (AvgIpc) is 3.28. The fourth-order valence-corrected chi connectivity index (χ4v) is 5.37. The number of ether oxygens (including phenoxy) is 1. The van der Waals surface area contributed by atoms with Crippen LogP contribution in [0.4, 0.5) is 11.4 Å². The van der Waals surface area contributed by atoms with Gasteiger partial charge in [0.05, 0.1) is 17.2 Å². The molecule has 1 amide bonds. The Morgan fingerprint density at radius 2 is 1.74 bits per heavy atom. The van der Waals surface area contributed by atoms with Gasteiger partial charge in [-0.3, -0.25) is 14.4 Å². The van der Waals surface area contributed by atoms with Crippen molar-refractivity contribution in [3.63, 3.8) is 0 Å². The van der Waals surface area contributed by atoms with E-state index in [1.807, 2.05) is 31.2 Å². The summed E-state index contributed by atoms with van der Waals surface area (Å²) in [6.07, 6.45) is 1.60. The van der Waals surface area contributed by atoms with Crippen molar-refractivity contribution in [2.45, 2.75) is 24.7 Å². The fourth-order valence-electron chi connectivity index (χ4n) is 3.66. The molecule has 176 valence electrons. The number of hydrogen-bond donors (Lipinski definition) is 2. The molecule has 34 heavy (non-hydrogen) atoms. The SMILES string of the molecule is CCCOc1ccc(C(=O)NC(=S)Nc2ccc(S(=O)(=O)N3CCc4ccccc43)cc2)cc1. The van der Waals surface area contributed by atoms with Gasteiger partial charge in [-0.1, -0.05) is 25.1 Å². The molecule has 0 aromatic heterocycles. The highest BCUT2D eigenvalue weighted by Crippen LogP contribution is 2.32. The third kappa shape index (κ3) is 5.21. The highest BCUT2D eigenvalue weighted by atomic mass is 32.2. The summed E-state index contributed by atoms with van der Waals surface area (Å²) < 4.78 is 33.2. The zero-order chi connectivity index (χ0) is 24.1. The second-order valence-electron chi connectivity index (χ2n) is 7.76. The summed E-state index contributed by atoms with van der Waals surface area (Å²) in [6.45, 7) is 3.06. The Kier molecular flexibility index (Phi) is 7.14. The number of nitrogens with one attached hydrogen (secondary N) is 2. The molecule has 1 aliphatic heterocycles. The highest BCUT2D eigenvalue weighted by Gasteiger charge is 2.30. The minimum Gasteiger partial charge on any atom is -0.494 e. The maximum absolute atomic E-state index is 13.1. The summed E-state index contributed by atoms with van der Waals surface area (Å²) >= 11 is 5.24. The van der Waals surface area contributed by atoms with Crippen LogP contribution in [0, 0.1) is 0 Å². The van der Waals surface area contributed by atoms with Crippen LogP contribution in [-0.2, 0) is 16.4 Å². The number of hydrogen-bond acceptors (Lipinski definition) is 5. The van der Waals surface area contributed by atoms with Crippen molar-refractivity contribution in [1.82, 2.24) is 5.32 Å². The smallest absolute Gasteiger partial charge is 0.264 e. The Morgan fingerprint density at radius 3 is 2.44 bits per heavy atom. The number of amides is 1. The van der Waals surface area contributed by atoms with Gasteiger partial charge in [-0.15, -0.1) is 0 Å². The van der Waals surface area contributed by atoms with Crippen LogP contribution in [0.15, 0.2) is 77.7 Å². The zero-order valence-electron chi connectivity index (χ0n) is 18.7. The number of carbonyl (C=O) groups is 1.